The van der Waals surface area contributed by atoms with Gasteiger partial charge in [0.25, 0.3) is 0 Å². The average molecular weight is 168 g/mol. The van der Waals surface area contributed by atoms with Crippen molar-refractivity contribution in [3.05, 3.63) is 29.9 Å². The Morgan fingerprint density at radius 2 is 2.17 bits per heavy atom. The largest absolute Gasteiger partial charge is 0.481 e. The van der Waals surface area contributed by atoms with Crippen LogP contribution in [0.15, 0.2) is 29.9 Å². The molecule has 1 unspecified atom stereocenters. The van der Waals surface area contributed by atoms with Gasteiger partial charge in [-0.25, -0.2) is 4.79 Å². The Hall–Kier alpha value is -1.64. The van der Waals surface area contributed by atoms with Crippen LogP contribution in [0.5, 0.6) is 0 Å². The van der Waals surface area contributed by atoms with Crippen molar-refractivity contribution in [3.63, 3.8) is 0 Å². The molecule has 1 aliphatic rings. The van der Waals surface area contributed by atoms with Crippen LogP contribution in [-0.4, -0.2) is 22.5 Å². The molecule has 0 aromatic rings. The molecule has 0 aromatic heterocycles. The van der Waals surface area contributed by atoms with E-state index in [1.54, 1.807) is 18.1 Å². The van der Waals surface area contributed by atoms with E-state index >= 15 is 0 Å². The topological polar surface area (TPSA) is 85.9 Å². The molecular formula is C8H8O4. The van der Waals surface area contributed by atoms with Crippen LogP contribution < -0.4 is 0 Å². The lowest BCUT2D eigenvalue weighted by Crippen LogP contribution is -2.14. The SMILES string of the molecule is O.O=C=C1C=CC=CC1C(=O)O. The number of carboxylic acid groups (broad SMARTS) is 1. The molecule has 0 fully saturated rings. The van der Waals surface area contributed by atoms with Gasteiger partial charge in [0.15, 0.2) is 0 Å². The summed E-state index contributed by atoms with van der Waals surface area (Å²) < 4.78 is 0. The van der Waals surface area contributed by atoms with Crippen LogP contribution in [0.3, 0.4) is 0 Å². The van der Waals surface area contributed by atoms with Gasteiger partial charge < -0.3 is 10.6 Å². The Bertz CT molecular complexity index is 281. The number of allylic oxidation sites excluding steroid dienone is 3. The van der Waals surface area contributed by atoms with Crippen LogP contribution in [0.25, 0.3) is 0 Å². The zero-order valence-corrected chi connectivity index (χ0v) is 6.15. The first-order chi connectivity index (χ1) is 5.25. The second-order valence-corrected chi connectivity index (χ2v) is 2.12. The predicted octanol–water partition coefficient (Wildman–Crippen LogP) is -0.254. The zero-order valence-electron chi connectivity index (χ0n) is 6.15. The van der Waals surface area contributed by atoms with E-state index in [1.807, 2.05) is 0 Å². The maximum Gasteiger partial charge on any atom is 0.315 e. The first-order valence-electron chi connectivity index (χ1n) is 3.08. The minimum absolute atomic E-state index is 0. The number of carboxylic acids is 1. The number of carbonyl (C=O) groups excluding carboxylic acids is 1. The van der Waals surface area contributed by atoms with Crippen LogP contribution >= 0.6 is 0 Å². The van der Waals surface area contributed by atoms with E-state index in [-0.39, 0.29) is 11.0 Å². The molecule has 3 N–H and O–H groups in total. The minimum atomic E-state index is -1.02. The molecule has 4 nitrogen and oxygen atoms in total. The van der Waals surface area contributed by atoms with Gasteiger partial charge in [-0.2, -0.15) is 0 Å². The van der Waals surface area contributed by atoms with Gasteiger partial charge in [0.05, 0.1) is 5.57 Å². The van der Waals surface area contributed by atoms with Crippen LogP contribution in [-0.2, 0) is 9.59 Å². The summed E-state index contributed by atoms with van der Waals surface area (Å²) in [5.41, 5.74) is 0.167. The van der Waals surface area contributed by atoms with Crippen molar-refractivity contribution in [1.29, 1.82) is 0 Å². The van der Waals surface area contributed by atoms with Gasteiger partial charge in [0.2, 0.25) is 0 Å². The molecule has 1 rings (SSSR count). The van der Waals surface area contributed by atoms with E-state index in [0.717, 1.165) is 0 Å². The van der Waals surface area contributed by atoms with E-state index in [0.29, 0.717) is 0 Å². The number of rotatable bonds is 1. The molecule has 0 saturated carbocycles. The average Bonchev–Trinajstić information content (AvgIpc) is 2.04. The maximum atomic E-state index is 10.4. The summed E-state index contributed by atoms with van der Waals surface area (Å²) in [6.45, 7) is 0. The summed E-state index contributed by atoms with van der Waals surface area (Å²) in [4.78, 5) is 20.6. The lowest BCUT2D eigenvalue weighted by molar-refractivity contribution is -0.138. The van der Waals surface area contributed by atoms with Gasteiger partial charge in [0, 0.05) is 0 Å². The fourth-order valence-electron chi connectivity index (χ4n) is 0.855. The summed E-state index contributed by atoms with van der Waals surface area (Å²) in [5.74, 6) is -0.263. The first-order valence-corrected chi connectivity index (χ1v) is 3.08. The molecule has 0 radical (unpaired) electrons. The molecule has 0 amide bonds. The number of carbonyl (C=O) groups is 1. The Balaban J connectivity index is 0.00000121. The van der Waals surface area contributed by atoms with Crippen molar-refractivity contribution >= 4 is 11.9 Å². The molecule has 0 aliphatic heterocycles. The third-order valence-electron chi connectivity index (χ3n) is 1.41. The Labute approximate surface area is 68.8 Å². The molecule has 12 heavy (non-hydrogen) atoms. The first kappa shape index (κ1) is 10.4. The molecule has 0 saturated heterocycles. The van der Waals surface area contributed by atoms with Crippen LogP contribution in [0.4, 0.5) is 0 Å². The summed E-state index contributed by atoms with van der Waals surface area (Å²) >= 11 is 0. The minimum Gasteiger partial charge on any atom is -0.481 e. The summed E-state index contributed by atoms with van der Waals surface area (Å²) in [5, 5.41) is 8.55. The fraction of sp³-hybridized carbons (Fsp3) is 0.125. The molecular weight excluding hydrogens is 160 g/mol. The van der Waals surface area contributed by atoms with Crippen molar-refractivity contribution in [3.8, 4) is 0 Å². The van der Waals surface area contributed by atoms with E-state index in [1.165, 1.54) is 12.2 Å². The quantitative estimate of drug-likeness (QED) is 0.547. The van der Waals surface area contributed by atoms with E-state index in [4.69, 9.17) is 5.11 Å². The Morgan fingerprint density at radius 1 is 1.50 bits per heavy atom. The number of hydrogen-bond acceptors (Lipinski definition) is 2. The molecule has 1 aliphatic carbocycles. The number of hydrogen-bond donors (Lipinski definition) is 1. The van der Waals surface area contributed by atoms with E-state index in [2.05, 4.69) is 0 Å². The zero-order chi connectivity index (χ0) is 8.27. The predicted molar refractivity (Wildman–Crippen MR) is 42.2 cm³/mol. The van der Waals surface area contributed by atoms with Crippen LogP contribution in [0.2, 0.25) is 0 Å². The second-order valence-electron chi connectivity index (χ2n) is 2.12. The molecule has 0 heterocycles. The highest BCUT2D eigenvalue weighted by Crippen LogP contribution is 2.15. The van der Waals surface area contributed by atoms with Gasteiger partial charge in [-0.15, -0.1) is 0 Å². The normalized spacial score (nSPS) is 19.7. The smallest absolute Gasteiger partial charge is 0.315 e. The van der Waals surface area contributed by atoms with Crippen molar-refractivity contribution in [1.82, 2.24) is 0 Å². The Kier molecular flexibility index (Phi) is 3.70. The second kappa shape index (κ2) is 4.28. The van der Waals surface area contributed by atoms with Crippen molar-refractivity contribution in [2.45, 2.75) is 0 Å². The fourth-order valence-corrected chi connectivity index (χ4v) is 0.855. The lowest BCUT2D eigenvalue weighted by atomic mass is 9.96. The highest BCUT2D eigenvalue weighted by atomic mass is 16.4. The van der Waals surface area contributed by atoms with Gasteiger partial charge in [0.1, 0.15) is 11.9 Å². The monoisotopic (exact) mass is 168 g/mol. The lowest BCUT2D eigenvalue weighted by Gasteiger charge is -2.06. The molecule has 1 atom stereocenters. The number of aliphatic carboxylic acids is 1. The van der Waals surface area contributed by atoms with Crippen molar-refractivity contribution < 1.29 is 20.2 Å². The van der Waals surface area contributed by atoms with E-state index in [9.17, 15) is 9.59 Å². The Morgan fingerprint density at radius 3 is 2.58 bits per heavy atom. The highest BCUT2D eigenvalue weighted by Gasteiger charge is 2.19. The third-order valence-corrected chi connectivity index (χ3v) is 1.41. The van der Waals surface area contributed by atoms with Gasteiger partial charge in [-0.1, -0.05) is 18.2 Å². The summed E-state index contributed by atoms with van der Waals surface area (Å²) in [6, 6.07) is 0. The standard InChI is InChI=1S/C8H6O3.H2O/c9-5-6-3-1-2-4-7(6)8(10)11;/h1-4,7H,(H,10,11);1H2. The summed E-state index contributed by atoms with van der Waals surface area (Å²) in [7, 11) is 0. The van der Waals surface area contributed by atoms with Gasteiger partial charge in [-0.05, 0) is 6.08 Å². The van der Waals surface area contributed by atoms with Crippen molar-refractivity contribution in [2.24, 2.45) is 5.92 Å². The molecule has 64 valence electrons. The summed E-state index contributed by atoms with van der Waals surface area (Å²) in [6.07, 6.45) is 6.10. The molecule has 0 aromatic carbocycles. The van der Waals surface area contributed by atoms with Crippen LogP contribution in [0.1, 0.15) is 0 Å². The highest BCUT2D eigenvalue weighted by molar-refractivity contribution is 5.82. The molecule has 4 heteroatoms. The van der Waals surface area contributed by atoms with Gasteiger partial charge in [-0.3, -0.25) is 4.79 Å². The van der Waals surface area contributed by atoms with Crippen LogP contribution in [0, 0.1) is 5.92 Å². The maximum absolute atomic E-state index is 10.4. The van der Waals surface area contributed by atoms with Gasteiger partial charge >= 0.3 is 5.97 Å². The molecule has 0 spiro atoms. The van der Waals surface area contributed by atoms with E-state index < -0.39 is 11.9 Å². The molecule has 0 bridgehead atoms. The van der Waals surface area contributed by atoms with Crippen molar-refractivity contribution in [2.75, 3.05) is 0 Å². The third kappa shape index (κ3) is 1.92.